The topological polar surface area (TPSA) is 72.5 Å². The Balaban J connectivity index is 1.81. The zero-order valence-electron chi connectivity index (χ0n) is 20.3. The Hall–Kier alpha value is -3.03. The van der Waals surface area contributed by atoms with Crippen molar-refractivity contribution in [1.29, 1.82) is 0 Å². The predicted molar refractivity (Wildman–Crippen MR) is 125 cm³/mol. The summed E-state index contributed by atoms with van der Waals surface area (Å²) >= 11 is 0. The lowest BCUT2D eigenvalue weighted by Crippen LogP contribution is -2.58. The molecule has 1 fully saturated rings. The minimum Gasteiger partial charge on any atom is -0.503 e. The van der Waals surface area contributed by atoms with Crippen molar-refractivity contribution in [3.8, 4) is 11.5 Å². The van der Waals surface area contributed by atoms with Gasteiger partial charge < -0.3 is 28.4 Å². The van der Waals surface area contributed by atoms with Gasteiger partial charge in [-0.3, -0.25) is 0 Å². The number of hydrogen-bond acceptors (Lipinski definition) is 7. The number of allylic oxidation sites excluding steroid dienone is 3. The van der Waals surface area contributed by atoms with Crippen LogP contribution >= 0.6 is 0 Å². The fourth-order valence-electron chi connectivity index (χ4n) is 3.56. The maximum Gasteiger partial charge on any atom is 0.341 e. The monoisotopic (exact) mass is 456 g/mol. The molecule has 0 saturated carbocycles. The fourth-order valence-corrected chi connectivity index (χ4v) is 3.56. The third-order valence-corrected chi connectivity index (χ3v) is 5.47. The molecule has 3 rings (SSSR count). The highest BCUT2D eigenvalue weighted by Gasteiger charge is 2.60. The molecule has 1 aromatic carbocycles. The van der Waals surface area contributed by atoms with Gasteiger partial charge in [0.2, 0.25) is 0 Å². The van der Waals surface area contributed by atoms with Crippen LogP contribution in [0.2, 0.25) is 0 Å². The smallest absolute Gasteiger partial charge is 0.341 e. The first-order valence-electron chi connectivity index (χ1n) is 10.7. The number of fused-ring (bicyclic) bond motifs is 1. The molecular weight excluding hydrogens is 424 g/mol. The van der Waals surface area contributed by atoms with E-state index in [1.807, 2.05) is 71.0 Å². The van der Waals surface area contributed by atoms with Crippen LogP contribution in [0.4, 0.5) is 0 Å². The zero-order chi connectivity index (χ0) is 24.2. The van der Waals surface area contributed by atoms with Gasteiger partial charge in [-0.05, 0) is 64.0 Å². The summed E-state index contributed by atoms with van der Waals surface area (Å²) in [6.07, 6.45) is 8.33. The standard InChI is InChI=1S/C26H32O7/c1-17(2)13-23-32-25(4,5)26(33-23)16-30-21-12-11-19(14-22(21)31-26)10-8-9-18(3)20(15-28-6)24(27)29-7/h8-15,23H,16H2,1-7H3/b10-8+,18-9-,20-15+/t23-,26?/m1/s1. The van der Waals surface area contributed by atoms with Crippen molar-refractivity contribution in [2.45, 2.75) is 52.3 Å². The van der Waals surface area contributed by atoms with E-state index in [9.17, 15) is 4.79 Å². The molecule has 1 saturated heterocycles. The molecule has 0 amide bonds. The van der Waals surface area contributed by atoms with E-state index in [1.54, 1.807) is 6.08 Å². The maximum absolute atomic E-state index is 11.9. The van der Waals surface area contributed by atoms with Crippen molar-refractivity contribution >= 4 is 12.0 Å². The summed E-state index contributed by atoms with van der Waals surface area (Å²) in [6.45, 7) is 9.88. The summed E-state index contributed by atoms with van der Waals surface area (Å²) in [6, 6.07) is 5.67. The van der Waals surface area contributed by atoms with Gasteiger partial charge in [0.1, 0.15) is 5.60 Å². The van der Waals surface area contributed by atoms with Crippen LogP contribution in [0.3, 0.4) is 0 Å². The third kappa shape index (κ3) is 5.31. The van der Waals surface area contributed by atoms with Crippen LogP contribution in [-0.4, -0.2) is 44.5 Å². The maximum atomic E-state index is 11.9. The van der Waals surface area contributed by atoms with Crippen LogP contribution in [0, 0.1) is 0 Å². The number of ether oxygens (including phenoxy) is 6. The fraction of sp³-hybridized carbons (Fsp3) is 0.423. The number of benzene rings is 1. The van der Waals surface area contributed by atoms with E-state index in [4.69, 9.17) is 28.4 Å². The van der Waals surface area contributed by atoms with E-state index < -0.39 is 23.6 Å². The minimum absolute atomic E-state index is 0.222. The molecule has 0 N–H and O–H groups in total. The first-order valence-corrected chi connectivity index (χ1v) is 10.7. The highest BCUT2D eigenvalue weighted by atomic mass is 16.8. The second-order valence-electron chi connectivity index (χ2n) is 8.68. The first kappa shape index (κ1) is 24.6. The van der Waals surface area contributed by atoms with E-state index in [0.29, 0.717) is 22.6 Å². The van der Waals surface area contributed by atoms with Gasteiger partial charge in [-0.25, -0.2) is 4.79 Å². The summed E-state index contributed by atoms with van der Waals surface area (Å²) < 4.78 is 34.4. The molecule has 7 nitrogen and oxygen atoms in total. The molecular formula is C26H32O7. The summed E-state index contributed by atoms with van der Waals surface area (Å²) in [5.74, 6) is -0.300. The van der Waals surface area contributed by atoms with Crippen LogP contribution in [0.5, 0.6) is 11.5 Å². The van der Waals surface area contributed by atoms with Crippen LogP contribution in [0.1, 0.15) is 40.2 Å². The molecule has 2 aliphatic heterocycles. The van der Waals surface area contributed by atoms with Gasteiger partial charge in [-0.15, -0.1) is 0 Å². The molecule has 2 aliphatic rings. The lowest BCUT2D eigenvalue weighted by atomic mass is 9.97. The van der Waals surface area contributed by atoms with E-state index in [2.05, 4.69) is 0 Å². The number of esters is 1. The Kier molecular flexibility index (Phi) is 7.34. The first-order chi connectivity index (χ1) is 15.6. The predicted octanol–water partition coefficient (Wildman–Crippen LogP) is 4.93. The zero-order valence-corrected chi connectivity index (χ0v) is 20.3. The third-order valence-electron chi connectivity index (χ3n) is 5.47. The van der Waals surface area contributed by atoms with Crippen molar-refractivity contribution in [3.05, 3.63) is 65.0 Å². The molecule has 1 unspecified atom stereocenters. The molecule has 0 radical (unpaired) electrons. The minimum atomic E-state index is -1.06. The number of rotatable bonds is 6. The summed E-state index contributed by atoms with van der Waals surface area (Å²) in [5.41, 5.74) is 2.33. The van der Waals surface area contributed by atoms with Crippen molar-refractivity contribution in [2.24, 2.45) is 0 Å². The Labute approximate surface area is 195 Å². The SMILES string of the molecule is CO\C=C(C(=O)OC)/C(C)=C\C=C\c1ccc2c(c1)OC1(CO2)O[C@H](C=C(C)C)OC1(C)C. The molecule has 33 heavy (non-hydrogen) atoms. The summed E-state index contributed by atoms with van der Waals surface area (Å²) in [4.78, 5) is 11.9. The van der Waals surface area contributed by atoms with Gasteiger partial charge in [0.15, 0.2) is 24.4 Å². The molecule has 0 aliphatic carbocycles. The van der Waals surface area contributed by atoms with Crippen molar-refractivity contribution in [1.82, 2.24) is 0 Å². The molecule has 7 heteroatoms. The van der Waals surface area contributed by atoms with E-state index >= 15 is 0 Å². The van der Waals surface area contributed by atoms with E-state index in [1.165, 1.54) is 20.5 Å². The number of carbonyl (C=O) groups excluding carboxylic acids is 1. The second kappa shape index (κ2) is 9.85. The Morgan fingerprint density at radius 3 is 2.55 bits per heavy atom. The lowest BCUT2D eigenvalue weighted by Gasteiger charge is -2.40. The van der Waals surface area contributed by atoms with Crippen LogP contribution in [0.15, 0.2) is 59.4 Å². The highest BCUT2D eigenvalue weighted by Crippen LogP contribution is 2.46. The molecule has 1 spiro atoms. The summed E-state index contributed by atoms with van der Waals surface area (Å²) in [7, 11) is 2.81. The average Bonchev–Trinajstić information content (AvgIpc) is 2.98. The molecule has 2 atom stereocenters. The molecule has 2 heterocycles. The average molecular weight is 457 g/mol. The summed E-state index contributed by atoms with van der Waals surface area (Å²) in [5, 5.41) is 0. The van der Waals surface area contributed by atoms with Crippen LogP contribution in [-0.2, 0) is 23.7 Å². The van der Waals surface area contributed by atoms with Crippen LogP contribution in [0.25, 0.3) is 6.08 Å². The Bertz CT molecular complexity index is 1010. The lowest BCUT2D eigenvalue weighted by molar-refractivity contribution is -0.216. The van der Waals surface area contributed by atoms with Crippen molar-refractivity contribution in [3.63, 3.8) is 0 Å². The highest BCUT2D eigenvalue weighted by molar-refractivity contribution is 5.93. The molecule has 0 bridgehead atoms. The Morgan fingerprint density at radius 1 is 1.12 bits per heavy atom. The van der Waals surface area contributed by atoms with E-state index in [0.717, 1.165) is 11.1 Å². The van der Waals surface area contributed by atoms with Gasteiger partial charge in [0, 0.05) is 0 Å². The van der Waals surface area contributed by atoms with Gasteiger partial charge in [-0.1, -0.05) is 29.9 Å². The number of carbonyl (C=O) groups is 1. The molecule has 0 aromatic heterocycles. The van der Waals surface area contributed by atoms with Crippen molar-refractivity contribution in [2.75, 3.05) is 20.8 Å². The van der Waals surface area contributed by atoms with Gasteiger partial charge in [-0.2, -0.15) is 0 Å². The van der Waals surface area contributed by atoms with Gasteiger partial charge in [0.25, 0.3) is 5.79 Å². The van der Waals surface area contributed by atoms with E-state index in [-0.39, 0.29) is 6.61 Å². The van der Waals surface area contributed by atoms with Crippen LogP contribution < -0.4 is 9.47 Å². The second-order valence-corrected chi connectivity index (χ2v) is 8.68. The quantitative estimate of drug-likeness (QED) is 0.197. The van der Waals surface area contributed by atoms with Crippen molar-refractivity contribution < 1.29 is 33.2 Å². The number of methoxy groups -OCH3 is 2. The normalized spacial score (nSPS) is 24.2. The van der Waals surface area contributed by atoms with Gasteiger partial charge in [0.05, 0.1) is 26.1 Å². The molecule has 1 aromatic rings. The number of hydrogen-bond donors (Lipinski definition) is 0. The largest absolute Gasteiger partial charge is 0.503 e. The Morgan fingerprint density at radius 2 is 1.88 bits per heavy atom. The van der Waals surface area contributed by atoms with Gasteiger partial charge >= 0.3 is 5.97 Å². The molecule has 178 valence electrons.